The van der Waals surface area contributed by atoms with Gasteiger partial charge in [0.1, 0.15) is 11.2 Å². The van der Waals surface area contributed by atoms with E-state index in [1.807, 2.05) is 6.92 Å². The van der Waals surface area contributed by atoms with Gasteiger partial charge in [0.2, 0.25) is 5.95 Å². The largest absolute Gasteiger partial charge is 0.467 e. The maximum absolute atomic E-state index is 12.6. The molecule has 0 aromatic carbocycles. The van der Waals surface area contributed by atoms with Crippen LogP contribution in [-0.2, 0) is 15.7 Å². The topological polar surface area (TPSA) is 64.1 Å². The number of rotatable bonds is 5. The van der Waals surface area contributed by atoms with Gasteiger partial charge in [-0.2, -0.15) is 13.2 Å². The predicted octanol–water partition coefficient (Wildman–Crippen LogP) is 2.64. The van der Waals surface area contributed by atoms with Gasteiger partial charge in [0.15, 0.2) is 0 Å². The third-order valence-corrected chi connectivity index (χ3v) is 2.72. The summed E-state index contributed by atoms with van der Waals surface area (Å²) in [7, 11) is 1.21. The average Bonchev–Trinajstić information content (AvgIpc) is 2.37. The molecule has 20 heavy (non-hydrogen) atoms. The third-order valence-electron chi connectivity index (χ3n) is 2.72. The molecule has 1 aromatic heterocycles. The van der Waals surface area contributed by atoms with Crippen LogP contribution in [0.1, 0.15) is 32.4 Å². The molecule has 0 saturated carbocycles. The molecule has 5 nitrogen and oxygen atoms in total. The van der Waals surface area contributed by atoms with Gasteiger partial charge in [-0.3, -0.25) is 0 Å². The van der Waals surface area contributed by atoms with Crippen molar-refractivity contribution in [3.8, 4) is 0 Å². The van der Waals surface area contributed by atoms with E-state index in [2.05, 4.69) is 20.0 Å². The van der Waals surface area contributed by atoms with E-state index in [1.165, 1.54) is 14.0 Å². The molecule has 0 radical (unpaired) electrons. The Morgan fingerprint density at radius 1 is 1.45 bits per heavy atom. The fraction of sp³-hybridized carbons (Fsp3) is 0.583. The molecular formula is C12H16F3N3O2. The standard InChI is InChI=1S/C12H16F3N3O2/c1-4-6-11(2,9(19)20-3)18-10-16-7-5-8(17-10)12(13,14)15/h5,7H,4,6H2,1-3H3,(H,16,17,18). The summed E-state index contributed by atoms with van der Waals surface area (Å²) in [6.07, 6.45) is -2.57. The fourth-order valence-corrected chi connectivity index (χ4v) is 1.76. The Morgan fingerprint density at radius 3 is 2.60 bits per heavy atom. The van der Waals surface area contributed by atoms with Crippen molar-refractivity contribution in [3.05, 3.63) is 18.0 Å². The molecule has 1 unspecified atom stereocenters. The number of anilines is 1. The summed E-state index contributed by atoms with van der Waals surface area (Å²) >= 11 is 0. The van der Waals surface area contributed by atoms with Crippen LogP contribution >= 0.6 is 0 Å². The molecule has 1 rings (SSSR count). The average molecular weight is 291 g/mol. The smallest absolute Gasteiger partial charge is 0.433 e. The summed E-state index contributed by atoms with van der Waals surface area (Å²) in [4.78, 5) is 18.8. The van der Waals surface area contributed by atoms with Crippen molar-refractivity contribution in [2.45, 2.75) is 38.4 Å². The Kier molecular flexibility index (Phi) is 4.91. The predicted molar refractivity (Wildman–Crippen MR) is 66.0 cm³/mol. The summed E-state index contributed by atoms with van der Waals surface area (Å²) in [6, 6.07) is 0.764. The van der Waals surface area contributed by atoms with Gasteiger partial charge in [-0.25, -0.2) is 14.8 Å². The first-order valence-corrected chi connectivity index (χ1v) is 6.00. The van der Waals surface area contributed by atoms with Gasteiger partial charge < -0.3 is 10.1 Å². The van der Waals surface area contributed by atoms with E-state index in [-0.39, 0.29) is 5.95 Å². The number of halogens is 3. The van der Waals surface area contributed by atoms with Crippen molar-refractivity contribution in [1.29, 1.82) is 0 Å². The van der Waals surface area contributed by atoms with Crippen molar-refractivity contribution in [1.82, 2.24) is 9.97 Å². The highest BCUT2D eigenvalue weighted by Gasteiger charge is 2.36. The minimum Gasteiger partial charge on any atom is -0.467 e. The summed E-state index contributed by atoms with van der Waals surface area (Å²) in [5, 5.41) is 2.62. The second kappa shape index (κ2) is 6.06. The molecule has 0 aliphatic heterocycles. The zero-order chi connectivity index (χ0) is 15.4. The van der Waals surface area contributed by atoms with Crippen molar-refractivity contribution >= 4 is 11.9 Å². The number of nitrogens with zero attached hydrogens (tertiary/aromatic N) is 2. The van der Waals surface area contributed by atoms with Crippen LogP contribution in [0.15, 0.2) is 12.3 Å². The molecule has 0 aliphatic rings. The van der Waals surface area contributed by atoms with Crippen LogP contribution in [0.3, 0.4) is 0 Å². The van der Waals surface area contributed by atoms with E-state index >= 15 is 0 Å². The lowest BCUT2D eigenvalue weighted by molar-refractivity contribution is -0.145. The van der Waals surface area contributed by atoms with E-state index in [9.17, 15) is 18.0 Å². The lowest BCUT2D eigenvalue weighted by Crippen LogP contribution is -2.44. The number of hydrogen-bond acceptors (Lipinski definition) is 5. The first kappa shape index (κ1) is 16.2. The van der Waals surface area contributed by atoms with Crippen LogP contribution in [0.2, 0.25) is 0 Å². The SMILES string of the molecule is CCCC(C)(Nc1nccc(C(F)(F)F)n1)C(=O)OC. The molecule has 1 aromatic rings. The van der Waals surface area contributed by atoms with Gasteiger partial charge in [0.25, 0.3) is 0 Å². The molecule has 0 amide bonds. The number of carbonyl (C=O) groups is 1. The van der Waals surface area contributed by atoms with E-state index in [0.29, 0.717) is 12.8 Å². The molecule has 112 valence electrons. The number of nitrogens with one attached hydrogen (secondary N) is 1. The highest BCUT2D eigenvalue weighted by Crippen LogP contribution is 2.28. The van der Waals surface area contributed by atoms with Crippen LogP contribution in [0.5, 0.6) is 0 Å². The lowest BCUT2D eigenvalue weighted by atomic mass is 9.96. The highest BCUT2D eigenvalue weighted by molar-refractivity contribution is 5.83. The molecule has 1 heterocycles. The van der Waals surface area contributed by atoms with Gasteiger partial charge in [-0.05, 0) is 19.4 Å². The molecule has 1 N–H and O–H groups in total. The second-order valence-electron chi connectivity index (χ2n) is 4.46. The van der Waals surface area contributed by atoms with Crippen LogP contribution < -0.4 is 5.32 Å². The summed E-state index contributed by atoms with van der Waals surface area (Å²) in [5.41, 5.74) is -2.24. The monoisotopic (exact) mass is 291 g/mol. The Balaban J connectivity index is 3.03. The number of esters is 1. The van der Waals surface area contributed by atoms with Crippen LogP contribution in [-0.4, -0.2) is 28.6 Å². The fourth-order valence-electron chi connectivity index (χ4n) is 1.76. The zero-order valence-corrected chi connectivity index (χ0v) is 11.4. The number of hydrogen-bond donors (Lipinski definition) is 1. The van der Waals surface area contributed by atoms with Crippen molar-refractivity contribution in [3.63, 3.8) is 0 Å². The second-order valence-corrected chi connectivity index (χ2v) is 4.46. The van der Waals surface area contributed by atoms with E-state index in [0.717, 1.165) is 12.3 Å². The first-order chi connectivity index (χ1) is 9.23. The molecule has 1 atom stereocenters. The first-order valence-electron chi connectivity index (χ1n) is 6.00. The van der Waals surface area contributed by atoms with Crippen molar-refractivity contribution in [2.24, 2.45) is 0 Å². The Hall–Kier alpha value is -1.86. The van der Waals surface area contributed by atoms with Crippen LogP contribution in [0, 0.1) is 0 Å². The van der Waals surface area contributed by atoms with Crippen LogP contribution in [0.4, 0.5) is 19.1 Å². The van der Waals surface area contributed by atoms with E-state index in [4.69, 9.17) is 0 Å². The molecule has 0 fully saturated rings. The number of ether oxygens (including phenoxy) is 1. The van der Waals surface area contributed by atoms with Gasteiger partial charge in [-0.1, -0.05) is 13.3 Å². The Morgan fingerprint density at radius 2 is 2.10 bits per heavy atom. The maximum Gasteiger partial charge on any atom is 0.433 e. The van der Waals surface area contributed by atoms with Gasteiger partial charge >= 0.3 is 12.1 Å². The number of methoxy groups -OCH3 is 1. The minimum atomic E-state index is -4.56. The molecule has 0 saturated heterocycles. The normalized spacial score (nSPS) is 14.5. The zero-order valence-electron chi connectivity index (χ0n) is 11.4. The highest BCUT2D eigenvalue weighted by atomic mass is 19.4. The number of alkyl halides is 3. The summed E-state index contributed by atoms with van der Waals surface area (Å²) in [5.74, 6) is -0.846. The minimum absolute atomic E-state index is 0.263. The number of aromatic nitrogens is 2. The van der Waals surface area contributed by atoms with Gasteiger partial charge in [0, 0.05) is 6.20 Å². The van der Waals surface area contributed by atoms with Crippen molar-refractivity contribution < 1.29 is 22.7 Å². The molecule has 0 aliphatic carbocycles. The van der Waals surface area contributed by atoms with Gasteiger partial charge in [-0.15, -0.1) is 0 Å². The number of carbonyl (C=O) groups excluding carboxylic acids is 1. The molecular weight excluding hydrogens is 275 g/mol. The third kappa shape index (κ3) is 3.82. The molecule has 0 spiro atoms. The molecule has 0 bridgehead atoms. The Bertz CT molecular complexity index is 479. The van der Waals surface area contributed by atoms with E-state index < -0.39 is 23.4 Å². The summed E-state index contributed by atoms with van der Waals surface area (Å²) < 4.78 is 42.4. The summed E-state index contributed by atoms with van der Waals surface area (Å²) in [6.45, 7) is 3.38. The Labute approximate surface area is 114 Å². The van der Waals surface area contributed by atoms with Crippen molar-refractivity contribution in [2.75, 3.05) is 12.4 Å². The molecule has 8 heteroatoms. The maximum atomic E-state index is 12.6. The quantitative estimate of drug-likeness (QED) is 0.845. The lowest BCUT2D eigenvalue weighted by Gasteiger charge is -2.27. The van der Waals surface area contributed by atoms with E-state index in [1.54, 1.807) is 0 Å². The van der Waals surface area contributed by atoms with Crippen LogP contribution in [0.25, 0.3) is 0 Å². The van der Waals surface area contributed by atoms with Gasteiger partial charge in [0.05, 0.1) is 7.11 Å².